The van der Waals surface area contributed by atoms with Crippen molar-refractivity contribution in [3.63, 3.8) is 0 Å². The van der Waals surface area contributed by atoms with Crippen molar-refractivity contribution in [2.75, 3.05) is 7.11 Å². The number of thiazole rings is 1. The van der Waals surface area contributed by atoms with E-state index in [1.165, 1.54) is 0 Å². The highest BCUT2D eigenvalue weighted by Crippen LogP contribution is 2.48. The van der Waals surface area contributed by atoms with E-state index in [0.717, 1.165) is 9.88 Å². The van der Waals surface area contributed by atoms with E-state index in [0.29, 0.717) is 0 Å². The predicted octanol–water partition coefficient (Wildman–Crippen LogP) is 2.00. The lowest BCUT2D eigenvalue weighted by Crippen LogP contribution is -2.11. The second kappa shape index (κ2) is 2.90. The normalized spacial score (nSPS) is 31.7. The molecule has 1 aliphatic rings. The first kappa shape index (κ1) is 8.87. The van der Waals surface area contributed by atoms with Crippen LogP contribution in [0.5, 0.6) is 0 Å². The Morgan fingerprint density at radius 2 is 2.54 bits per heavy atom. The highest BCUT2D eigenvalue weighted by molar-refractivity contribution is 7.12. The molecule has 70 valence electrons. The molecule has 2 heterocycles. The third-order valence-corrected chi connectivity index (χ3v) is 3.27. The summed E-state index contributed by atoms with van der Waals surface area (Å²) in [7, 11) is 1.65. The minimum atomic E-state index is -0.529. The lowest BCUT2D eigenvalue weighted by Gasteiger charge is -2.05. The second-order valence-corrected chi connectivity index (χ2v) is 3.96. The van der Waals surface area contributed by atoms with E-state index >= 15 is 0 Å². The van der Waals surface area contributed by atoms with E-state index in [4.69, 9.17) is 9.47 Å². The second-order valence-electron chi connectivity index (χ2n) is 2.90. The molecule has 3 nitrogen and oxygen atoms in total. The Hall–Kier alpha value is -0.710. The Morgan fingerprint density at radius 1 is 1.85 bits per heavy atom. The highest BCUT2D eigenvalue weighted by atomic mass is 32.1. The van der Waals surface area contributed by atoms with Gasteiger partial charge in [-0.25, -0.2) is 4.98 Å². The van der Waals surface area contributed by atoms with Gasteiger partial charge < -0.3 is 9.47 Å². The van der Waals surface area contributed by atoms with Crippen molar-refractivity contribution in [2.45, 2.75) is 18.8 Å². The van der Waals surface area contributed by atoms with E-state index in [-0.39, 0.29) is 6.10 Å². The molecule has 1 aromatic rings. The molecule has 0 N–H and O–H groups in total. The number of methoxy groups -OCH3 is 1. The van der Waals surface area contributed by atoms with Crippen molar-refractivity contribution in [1.29, 1.82) is 0 Å². The molecule has 0 aromatic carbocycles. The molecule has 4 heteroatoms. The molecule has 0 saturated carbocycles. The molecule has 2 rings (SSSR count). The van der Waals surface area contributed by atoms with E-state index in [9.17, 15) is 0 Å². The zero-order valence-electron chi connectivity index (χ0n) is 7.61. The maximum Gasteiger partial charge on any atom is 0.233 e. The molecule has 1 aliphatic heterocycles. The van der Waals surface area contributed by atoms with Gasteiger partial charge in [0.15, 0.2) is 0 Å². The van der Waals surface area contributed by atoms with E-state index in [1.54, 1.807) is 30.7 Å². The van der Waals surface area contributed by atoms with Crippen LogP contribution in [0.2, 0.25) is 0 Å². The summed E-state index contributed by atoms with van der Waals surface area (Å²) in [5.41, 5.74) is 0. The van der Waals surface area contributed by atoms with Crippen LogP contribution in [0.3, 0.4) is 0 Å². The fourth-order valence-corrected chi connectivity index (χ4v) is 2.30. The topological polar surface area (TPSA) is 34.6 Å². The van der Waals surface area contributed by atoms with E-state index in [2.05, 4.69) is 11.6 Å². The van der Waals surface area contributed by atoms with Gasteiger partial charge in [0.25, 0.3) is 0 Å². The SMILES string of the molecule is C=Cc1ncc(C2(OC)OC2C)s1. The van der Waals surface area contributed by atoms with Crippen LogP contribution in [0.25, 0.3) is 6.08 Å². The maximum absolute atomic E-state index is 5.41. The van der Waals surface area contributed by atoms with Crippen molar-refractivity contribution >= 4 is 17.4 Å². The lowest BCUT2D eigenvalue weighted by molar-refractivity contribution is -0.0114. The molecule has 1 saturated heterocycles. The van der Waals surface area contributed by atoms with Crippen LogP contribution < -0.4 is 0 Å². The fourth-order valence-electron chi connectivity index (χ4n) is 1.34. The average molecular weight is 197 g/mol. The summed E-state index contributed by atoms with van der Waals surface area (Å²) in [6.07, 6.45) is 3.63. The summed E-state index contributed by atoms with van der Waals surface area (Å²) in [5.74, 6) is -0.529. The summed E-state index contributed by atoms with van der Waals surface area (Å²) >= 11 is 1.55. The van der Waals surface area contributed by atoms with Gasteiger partial charge in [-0.1, -0.05) is 6.58 Å². The van der Waals surface area contributed by atoms with Gasteiger partial charge in [-0.05, 0) is 13.0 Å². The number of rotatable bonds is 3. The van der Waals surface area contributed by atoms with Crippen LogP contribution in [0, 0.1) is 0 Å². The molecule has 1 fully saturated rings. The number of hydrogen-bond acceptors (Lipinski definition) is 4. The molecule has 1 aromatic heterocycles. The minimum Gasteiger partial charge on any atom is -0.347 e. The van der Waals surface area contributed by atoms with Crippen molar-refractivity contribution in [2.24, 2.45) is 0 Å². The Kier molecular flexibility index (Phi) is 1.98. The molecular weight excluding hydrogens is 186 g/mol. The van der Waals surface area contributed by atoms with Crippen LogP contribution in [0.1, 0.15) is 16.8 Å². The number of ether oxygens (including phenoxy) is 2. The monoisotopic (exact) mass is 197 g/mol. The Morgan fingerprint density at radius 3 is 2.92 bits per heavy atom. The standard InChI is InChI=1S/C9H11NO2S/c1-4-8-10-5-7(13-8)9(11-3)6(2)12-9/h4-6H,1H2,2-3H3. The molecule has 0 aliphatic carbocycles. The molecule has 13 heavy (non-hydrogen) atoms. The van der Waals surface area contributed by atoms with Gasteiger partial charge in [0.05, 0.1) is 4.88 Å². The summed E-state index contributed by atoms with van der Waals surface area (Å²) in [5, 5.41) is 0.897. The van der Waals surface area contributed by atoms with Crippen molar-refractivity contribution in [1.82, 2.24) is 4.98 Å². The molecule has 0 radical (unpaired) electrons. The van der Waals surface area contributed by atoms with E-state index in [1.807, 2.05) is 6.92 Å². The third-order valence-electron chi connectivity index (χ3n) is 2.17. The molecule has 0 spiro atoms. The number of nitrogens with zero attached hydrogens (tertiary/aromatic N) is 1. The van der Waals surface area contributed by atoms with Crippen LogP contribution in [-0.4, -0.2) is 18.2 Å². The summed E-state index contributed by atoms with van der Waals surface area (Å²) in [6.45, 7) is 5.64. The first-order chi connectivity index (χ1) is 6.23. The zero-order chi connectivity index (χ0) is 9.47. The van der Waals surface area contributed by atoms with Gasteiger partial charge in [0.2, 0.25) is 5.79 Å². The Labute approximate surface area is 81.0 Å². The first-order valence-corrected chi connectivity index (χ1v) is 4.86. The average Bonchev–Trinajstić information content (AvgIpc) is 2.65. The van der Waals surface area contributed by atoms with E-state index < -0.39 is 5.79 Å². The van der Waals surface area contributed by atoms with Crippen molar-refractivity contribution in [3.05, 3.63) is 22.7 Å². The number of hydrogen-bond donors (Lipinski definition) is 0. The first-order valence-electron chi connectivity index (χ1n) is 4.04. The maximum atomic E-state index is 5.41. The largest absolute Gasteiger partial charge is 0.347 e. The molecular formula is C9H11NO2S. The van der Waals surface area contributed by atoms with Crippen molar-refractivity contribution < 1.29 is 9.47 Å². The van der Waals surface area contributed by atoms with Crippen LogP contribution in [0.4, 0.5) is 0 Å². The number of epoxide rings is 1. The molecule has 0 bridgehead atoms. The summed E-state index contributed by atoms with van der Waals surface area (Å²) in [6, 6.07) is 0. The van der Waals surface area contributed by atoms with Gasteiger partial charge in [0.1, 0.15) is 11.1 Å². The van der Waals surface area contributed by atoms with Crippen LogP contribution in [0.15, 0.2) is 12.8 Å². The van der Waals surface area contributed by atoms with Gasteiger partial charge in [-0.3, -0.25) is 0 Å². The fraction of sp³-hybridized carbons (Fsp3) is 0.444. The quantitative estimate of drug-likeness (QED) is 0.695. The van der Waals surface area contributed by atoms with Gasteiger partial charge in [-0.2, -0.15) is 0 Å². The van der Waals surface area contributed by atoms with Crippen LogP contribution >= 0.6 is 11.3 Å². The molecule has 2 unspecified atom stereocenters. The predicted molar refractivity (Wildman–Crippen MR) is 51.4 cm³/mol. The lowest BCUT2D eigenvalue weighted by atomic mass is 10.2. The molecule has 2 atom stereocenters. The highest BCUT2D eigenvalue weighted by Gasteiger charge is 2.57. The van der Waals surface area contributed by atoms with Gasteiger partial charge in [0, 0.05) is 13.3 Å². The minimum absolute atomic E-state index is 0.121. The summed E-state index contributed by atoms with van der Waals surface area (Å²) in [4.78, 5) is 5.18. The third kappa shape index (κ3) is 1.22. The Bertz CT molecular complexity index is 332. The number of aromatic nitrogens is 1. The zero-order valence-corrected chi connectivity index (χ0v) is 8.43. The smallest absolute Gasteiger partial charge is 0.233 e. The van der Waals surface area contributed by atoms with Gasteiger partial charge in [-0.15, -0.1) is 11.3 Å². The van der Waals surface area contributed by atoms with Gasteiger partial charge >= 0.3 is 0 Å². The Balaban J connectivity index is 2.30. The van der Waals surface area contributed by atoms with Crippen molar-refractivity contribution in [3.8, 4) is 0 Å². The summed E-state index contributed by atoms with van der Waals surface area (Å²) < 4.78 is 10.7. The molecule has 0 amide bonds. The van der Waals surface area contributed by atoms with Crippen LogP contribution in [-0.2, 0) is 15.3 Å².